The van der Waals surface area contributed by atoms with Crippen molar-refractivity contribution in [3.05, 3.63) is 64.4 Å². The van der Waals surface area contributed by atoms with E-state index in [-0.39, 0.29) is 25.0 Å². The average molecular weight is 426 g/mol. The van der Waals surface area contributed by atoms with E-state index in [1.807, 2.05) is 0 Å². The molecule has 1 heterocycles. The maximum atomic E-state index is 12.1. The number of hydrogen-bond acceptors (Lipinski definition) is 5. The molecule has 0 saturated carbocycles. The molecule has 1 atom stereocenters. The molecule has 1 aromatic carbocycles. The lowest BCUT2D eigenvalue weighted by atomic mass is 10.1. The number of aliphatic hydroxyl groups excluding tert-OH is 1. The van der Waals surface area contributed by atoms with Gasteiger partial charge in [-0.05, 0) is 17.7 Å². The molecule has 9 heteroatoms. The Balaban J connectivity index is 1.64. The van der Waals surface area contributed by atoms with Gasteiger partial charge in [-0.2, -0.15) is 0 Å². The van der Waals surface area contributed by atoms with Crippen molar-refractivity contribution in [3.63, 3.8) is 0 Å². The van der Waals surface area contributed by atoms with Gasteiger partial charge in [0.25, 0.3) is 11.8 Å². The zero-order valence-electron chi connectivity index (χ0n) is 15.0. The summed E-state index contributed by atoms with van der Waals surface area (Å²) in [6.07, 6.45) is 5.29. The molecule has 2 amide bonds. The maximum Gasteiger partial charge on any atom is 0.257 e. The highest BCUT2D eigenvalue weighted by molar-refractivity contribution is 6.42. The molecule has 0 aliphatic carbocycles. The number of amides is 2. The first-order chi connectivity index (χ1) is 13.4. The minimum atomic E-state index is -0.541. The Bertz CT molecular complexity index is 808. The molecule has 1 aliphatic rings. The summed E-state index contributed by atoms with van der Waals surface area (Å²) in [7, 11) is 0. The molecule has 28 heavy (non-hydrogen) atoms. The molecule has 1 aromatic rings. The van der Waals surface area contributed by atoms with E-state index in [9.17, 15) is 9.59 Å². The summed E-state index contributed by atoms with van der Waals surface area (Å²) in [5.74, 6) is -0.153. The largest absolute Gasteiger partial charge is 0.484 e. The molecule has 150 valence electrons. The summed E-state index contributed by atoms with van der Waals surface area (Å²) >= 11 is 11.7. The number of nitrogens with one attached hydrogen (secondary N) is 3. The second-order valence-electron chi connectivity index (χ2n) is 5.94. The van der Waals surface area contributed by atoms with Crippen LogP contribution in [-0.2, 0) is 9.59 Å². The second-order valence-corrected chi connectivity index (χ2v) is 6.75. The summed E-state index contributed by atoms with van der Waals surface area (Å²) in [6, 6.07) is 4.19. The fourth-order valence-corrected chi connectivity index (χ4v) is 2.50. The van der Waals surface area contributed by atoms with Crippen LogP contribution in [0.1, 0.15) is 6.42 Å². The van der Waals surface area contributed by atoms with Gasteiger partial charge in [0.05, 0.1) is 16.7 Å². The molecule has 0 radical (unpaired) electrons. The van der Waals surface area contributed by atoms with Crippen molar-refractivity contribution >= 4 is 35.0 Å². The van der Waals surface area contributed by atoms with Gasteiger partial charge in [-0.15, -0.1) is 0 Å². The Hall–Kier alpha value is -2.48. The van der Waals surface area contributed by atoms with Crippen LogP contribution >= 0.6 is 23.2 Å². The third-order valence-electron chi connectivity index (χ3n) is 3.73. The average Bonchev–Trinajstić information content (AvgIpc) is 2.69. The van der Waals surface area contributed by atoms with Crippen molar-refractivity contribution in [2.45, 2.75) is 12.5 Å². The molecule has 0 aromatic heterocycles. The van der Waals surface area contributed by atoms with Crippen molar-refractivity contribution in [3.8, 4) is 5.75 Å². The van der Waals surface area contributed by atoms with Crippen molar-refractivity contribution in [2.75, 3.05) is 19.8 Å². The number of benzene rings is 1. The Kier molecular flexibility index (Phi) is 8.38. The topological polar surface area (TPSA) is 99.7 Å². The van der Waals surface area contributed by atoms with Crippen molar-refractivity contribution in [1.82, 2.24) is 16.0 Å². The maximum absolute atomic E-state index is 12.1. The molecule has 0 spiro atoms. The van der Waals surface area contributed by atoms with Crippen LogP contribution in [0.2, 0.25) is 10.0 Å². The lowest BCUT2D eigenvalue weighted by Gasteiger charge is -2.18. The van der Waals surface area contributed by atoms with Gasteiger partial charge in [0.15, 0.2) is 6.61 Å². The first-order valence-electron chi connectivity index (χ1n) is 8.46. The summed E-state index contributed by atoms with van der Waals surface area (Å²) in [4.78, 5) is 23.9. The normalized spacial score (nSPS) is 15.2. The lowest BCUT2D eigenvalue weighted by Crippen LogP contribution is -2.42. The monoisotopic (exact) mass is 425 g/mol. The highest BCUT2D eigenvalue weighted by Crippen LogP contribution is 2.26. The first kappa shape index (κ1) is 21.8. The summed E-state index contributed by atoms with van der Waals surface area (Å²) in [5.41, 5.74) is 1.16. The van der Waals surface area contributed by atoms with Crippen LogP contribution in [0.4, 0.5) is 0 Å². The summed E-state index contributed by atoms with van der Waals surface area (Å²) in [6.45, 7) is 3.81. The predicted octanol–water partition coefficient (Wildman–Crippen LogP) is 1.91. The molecule has 1 aliphatic heterocycles. The fraction of sp³-hybridized carbons (Fsp3) is 0.263. The van der Waals surface area contributed by atoms with Crippen LogP contribution in [0.3, 0.4) is 0 Å². The number of carbonyl (C=O) groups excluding carboxylic acids is 2. The molecule has 0 fully saturated rings. The summed E-state index contributed by atoms with van der Waals surface area (Å²) < 4.78 is 5.34. The van der Waals surface area contributed by atoms with Crippen LogP contribution in [0.5, 0.6) is 5.75 Å². The van der Waals surface area contributed by atoms with Gasteiger partial charge >= 0.3 is 0 Å². The molecule has 4 N–H and O–H groups in total. The van der Waals surface area contributed by atoms with Crippen LogP contribution in [0.15, 0.2) is 54.4 Å². The number of hydrogen-bond donors (Lipinski definition) is 4. The highest BCUT2D eigenvalue weighted by Gasteiger charge is 2.17. The number of aliphatic hydroxyl groups is 1. The number of rotatable bonds is 9. The van der Waals surface area contributed by atoms with E-state index in [4.69, 9.17) is 33.0 Å². The van der Waals surface area contributed by atoms with E-state index < -0.39 is 6.04 Å². The van der Waals surface area contributed by atoms with Crippen LogP contribution in [0.25, 0.3) is 0 Å². The van der Waals surface area contributed by atoms with Crippen molar-refractivity contribution in [1.29, 1.82) is 0 Å². The third-order valence-corrected chi connectivity index (χ3v) is 4.47. The van der Waals surface area contributed by atoms with Crippen molar-refractivity contribution < 1.29 is 19.4 Å². The van der Waals surface area contributed by atoms with Gasteiger partial charge in [-0.25, -0.2) is 0 Å². The van der Waals surface area contributed by atoms with Gasteiger partial charge in [-0.3, -0.25) is 9.59 Å². The van der Waals surface area contributed by atoms with E-state index in [1.165, 1.54) is 6.07 Å². The van der Waals surface area contributed by atoms with Crippen LogP contribution in [-0.4, -0.2) is 42.7 Å². The van der Waals surface area contributed by atoms with Crippen LogP contribution < -0.4 is 20.7 Å². The SMILES string of the molecule is C=C(CCNC(=O)COc1ccc(Cl)c(Cl)c1)NC(=O)C1C=CC(CO)=CN1. The number of carbonyl (C=O) groups is 2. The van der Waals surface area contributed by atoms with E-state index in [2.05, 4.69) is 22.5 Å². The fourth-order valence-electron chi connectivity index (χ4n) is 2.22. The predicted molar refractivity (Wildman–Crippen MR) is 108 cm³/mol. The molecule has 0 bridgehead atoms. The van der Waals surface area contributed by atoms with E-state index >= 15 is 0 Å². The van der Waals surface area contributed by atoms with Crippen molar-refractivity contribution in [2.24, 2.45) is 0 Å². The van der Waals surface area contributed by atoms with E-state index in [0.717, 1.165) is 0 Å². The molecule has 2 rings (SSSR count). The molecule has 7 nitrogen and oxygen atoms in total. The van der Waals surface area contributed by atoms with Gasteiger partial charge < -0.3 is 25.8 Å². The van der Waals surface area contributed by atoms with Crippen LogP contribution in [0, 0.1) is 0 Å². The smallest absolute Gasteiger partial charge is 0.257 e. The summed E-state index contributed by atoms with van der Waals surface area (Å²) in [5, 5.41) is 18.0. The zero-order valence-corrected chi connectivity index (χ0v) is 16.5. The Morgan fingerprint density at radius 3 is 2.71 bits per heavy atom. The standard InChI is InChI=1S/C19H21Cl2N3O4/c1-12(24-19(27)17-5-2-13(10-25)9-23-17)6-7-22-18(26)11-28-14-3-4-15(20)16(21)8-14/h2-5,8-9,17,23,25H,1,6-7,10-11H2,(H,22,26)(H,24,27). The Morgan fingerprint density at radius 2 is 2.07 bits per heavy atom. The highest BCUT2D eigenvalue weighted by atomic mass is 35.5. The second kappa shape index (κ2) is 10.8. The number of ether oxygens (including phenoxy) is 1. The lowest BCUT2D eigenvalue weighted by molar-refractivity contribution is -0.123. The number of halogens is 2. The van der Waals surface area contributed by atoms with Gasteiger partial charge in [-0.1, -0.05) is 41.9 Å². The van der Waals surface area contributed by atoms with E-state index in [0.29, 0.717) is 40.0 Å². The minimum Gasteiger partial charge on any atom is -0.484 e. The zero-order chi connectivity index (χ0) is 20.5. The van der Waals surface area contributed by atoms with Gasteiger partial charge in [0.2, 0.25) is 0 Å². The quantitative estimate of drug-likeness (QED) is 0.484. The Labute approximate surface area is 173 Å². The molecule has 1 unspecified atom stereocenters. The van der Waals surface area contributed by atoms with E-state index in [1.54, 1.807) is 30.5 Å². The number of dihydropyridines is 1. The third kappa shape index (κ3) is 6.92. The molecule has 0 saturated heterocycles. The molecular weight excluding hydrogens is 405 g/mol. The van der Waals surface area contributed by atoms with Gasteiger partial charge in [0, 0.05) is 30.9 Å². The van der Waals surface area contributed by atoms with Gasteiger partial charge in [0.1, 0.15) is 11.8 Å². The molecular formula is C19H21Cl2N3O4. The first-order valence-corrected chi connectivity index (χ1v) is 9.22. The Morgan fingerprint density at radius 1 is 1.29 bits per heavy atom. The minimum absolute atomic E-state index is 0.0982.